The highest BCUT2D eigenvalue weighted by Gasteiger charge is 2.21. The molecule has 0 aromatic heterocycles. The van der Waals surface area contributed by atoms with E-state index in [2.05, 4.69) is 0 Å². The minimum Gasteiger partial charge on any atom is -0.392 e. The first-order chi connectivity index (χ1) is 11.5. The van der Waals surface area contributed by atoms with Crippen LogP contribution in [-0.2, 0) is 28.0 Å². The van der Waals surface area contributed by atoms with Gasteiger partial charge in [-0.2, -0.15) is 0 Å². The van der Waals surface area contributed by atoms with Crippen molar-refractivity contribution in [1.29, 1.82) is 0 Å². The molecular weight excluding hydrogens is 322 g/mol. The van der Waals surface area contributed by atoms with Crippen LogP contribution in [-0.4, -0.2) is 27.0 Å². The molecule has 128 valence electrons. The average molecular weight is 345 g/mol. The van der Waals surface area contributed by atoms with Gasteiger partial charge in [-0.25, -0.2) is 0 Å². The minimum atomic E-state index is -1.27. The van der Waals surface area contributed by atoms with Crippen LogP contribution in [0.15, 0.2) is 54.6 Å². The van der Waals surface area contributed by atoms with Crippen LogP contribution < -0.4 is 4.90 Å². The number of hydrogen-bond donors (Lipinski definition) is 1. The molecular formula is C19H23NO3S. The van der Waals surface area contributed by atoms with Gasteiger partial charge in [0, 0.05) is 28.3 Å². The molecule has 0 saturated carbocycles. The SMILES string of the molecule is CC(C)N(C(=O)CS(=O)Cc1ccc(CO)cc1)c1ccccc1. The third kappa shape index (κ3) is 5.01. The van der Waals surface area contributed by atoms with Crippen molar-refractivity contribution in [1.82, 2.24) is 0 Å². The minimum absolute atomic E-state index is 0.000683. The van der Waals surface area contributed by atoms with E-state index in [1.54, 1.807) is 17.0 Å². The van der Waals surface area contributed by atoms with E-state index in [0.29, 0.717) is 5.75 Å². The molecule has 24 heavy (non-hydrogen) atoms. The van der Waals surface area contributed by atoms with Gasteiger partial charge in [-0.05, 0) is 37.1 Å². The third-order valence-corrected chi connectivity index (χ3v) is 4.86. The summed E-state index contributed by atoms with van der Waals surface area (Å²) in [5.41, 5.74) is 2.53. The van der Waals surface area contributed by atoms with E-state index in [-0.39, 0.29) is 24.3 Å². The Bertz CT molecular complexity index is 684. The van der Waals surface area contributed by atoms with Crippen molar-refractivity contribution in [3.8, 4) is 0 Å². The van der Waals surface area contributed by atoms with Gasteiger partial charge in [0.15, 0.2) is 0 Å². The van der Waals surface area contributed by atoms with E-state index in [0.717, 1.165) is 16.8 Å². The zero-order chi connectivity index (χ0) is 17.5. The van der Waals surface area contributed by atoms with E-state index in [9.17, 15) is 9.00 Å². The summed E-state index contributed by atoms with van der Waals surface area (Å²) in [7, 11) is -1.27. The first kappa shape index (κ1) is 18.4. The van der Waals surface area contributed by atoms with Gasteiger partial charge < -0.3 is 10.0 Å². The predicted molar refractivity (Wildman–Crippen MR) is 98.1 cm³/mol. The quantitative estimate of drug-likeness (QED) is 0.839. The number of anilines is 1. The van der Waals surface area contributed by atoms with Crippen molar-refractivity contribution in [2.75, 3.05) is 10.7 Å². The summed E-state index contributed by atoms with van der Waals surface area (Å²) in [6.07, 6.45) is 0. The predicted octanol–water partition coefficient (Wildman–Crippen LogP) is 2.87. The molecule has 2 aromatic rings. The Balaban J connectivity index is 2.02. The van der Waals surface area contributed by atoms with Crippen molar-refractivity contribution in [3.63, 3.8) is 0 Å². The lowest BCUT2D eigenvalue weighted by atomic mass is 10.2. The Morgan fingerprint density at radius 3 is 2.17 bits per heavy atom. The summed E-state index contributed by atoms with van der Waals surface area (Å²) in [5.74, 6) is 0.189. The first-order valence-corrected chi connectivity index (χ1v) is 9.41. The number of benzene rings is 2. The summed E-state index contributed by atoms with van der Waals surface area (Å²) in [6, 6.07) is 16.7. The maximum atomic E-state index is 12.6. The molecule has 0 aliphatic carbocycles. The highest BCUT2D eigenvalue weighted by molar-refractivity contribution is 7.84. The molecule has 1 unspecified atom stereocenters. The average Bonchev–Trinajstić information content (AvgIpc) is 2.56. The van der Waals surface area contributed by atoms with Crippen LogP contribution in [0, 0.1) is 0 Å². The molecule has 0 aliphatic rings. The second-order valence-electron chi connectivity index (χ2n) is 5.90. The molecule has 0 heterocycles. The van der Waals surface area contributed by atoms with E-state index in [1.807, 2.05) is 56.3 Å². The van der Waals surface area contributed by atoms with Crippen molar-refractivity contribution in [2.45, 2.75) is 32.2 Å². The van der Waals surface area contributed by atoms with Gasteiger partial charge in [-0.15, -0.1) is 0 Å². The van der Waals surface area contributed by atoms with E-state index < -0.39 is 10.8 Å². The van der Waals surface area contributed by atoms with Gasteiger partial charge in [0.25, 0.3) is 0 Å². The summed E-state index contributed by atoms with van der Waals surface area (Å²) < 4.78 is 12.3. The molecule has 1 amide bonds. The monoisotopic (exact) mass is 345 g/mol. The van der Waals surface area contributed by atoms with Crippen molar-refractivity contribution < 1.29 is 14.1 Å². The fourth-order valence-electron chi connectivity index (χ4n) is 2.50. The lowest BCUT2D eigenvalue weighted by molar-refractivity contribution is -0.116. The summed E-state index contributed by atoms with van der Waals surface area (Å²) in [4.78, 5) is 14.3. The van der Waals surface area contributed by atoms with Crippen LogP contribution in [0.1, 0.15) is 25.0 Å². The number of aliphatic hydroxyl groups excluding tert-OH is 1. The molecule has 1 atom stereocenters. The molecule has 2 rings (SSSR count). The molecule has 0 radical (unpaired) electrons. The summed E-state index contributed by atoms with van der Waals surface area (Å²) in [6.45, 7) is 3.88. The molecule has 5 heteroatoms. The first-order valence-electron chi connectivity index (χ1n) is 7.92. The van der Waals surface area contributed by atoms with Crippen LogP contribution in [0.4, 0.5) is 5.69 Å². The summed E-state index contributed by atoms with van der Waals surface area (Å²) in [5, 5.41) is 9.04. The van der Waals surface area contributed by atoms with Gasteiger partial charge in [-0.1, -0.05) is 42.5 Å². The van der Waals surface area contributed by atoms with Crippen LogP contribution in [0.2, 0.25) is 0 Å². The fraction of sp³-hybridized carbons (Fsp3) is 0.316. The number of rotatable bonds is 7. The Labute approximate surface area is 145 Å². The molecule has 0 saturated heterocycles. The van der Waals surface area contributed by atoms with E-state index in [4.69, 9.17) is 5.11 Å². The van der Waals surface area contributed by atoms with Gasteiger partial charge >= 0.3 is 0 Å². The molecule has 0 fully saturated rings. The van der Waals surface area contributed by atoms with Crippen molar-refractivity contribution in [2.24, 2.45) is 0 Å². The van der Waals surface area contributed by atoms with E-state index in [1.165, 1.54) is 0 Å². The van der Waals surface area contributed by atoms with Gasteiger partial charge in [0.05, 0.1) is 6.61 Å². The second kappa shape index (κ2) is 8.76. The van der Waals surface area contributed by atoms with Crippen molar-refractivity contribution in [3.05, 3.63) is 65.7 Å². The molecule has 0 aliphatic heterocycles. The summed E-state index contributed by atoms with van der Waals surface area (Å²) >= 11 is 0. The second-order valence-corrected chi connectivity index (χ2v) is 7.35. The van der Waals surface area contributed by atoms with Crippen LogP contribution in [0.5, 0.6) is 0 Å². The Morgan fingerprint density at radius 1 is 1.04 bits per heavy atom. The Kier molecular flexibility index (Phi) is 6.70. The normalized spacial score (nSPS) is 12.2. The molecule has 2 aromatic carbocycles. The van der Waals surface area contributed by atoms with Gasteiger partial charge in [0.1, 0.15) is 5.75 Å². The number of amides is 1. The molecule has 4 nitrogen and oxygen atoms in total. The maximum absolute atomic E-state index is 12.6. The maximum Gasteiger partial charge on any atom is 0.239 e. The van der Waals surface area contributed by atoms with Gasteiger partial charge in [-0.3, -0.25) is 9.00 Å². The zero-order valence-corrected chi connectivity index (χ0v) is 14.8. The number of hydrogen-bond acceptors (Lipinski definition) is 3. The standard InChI is InChI=1S/C19H23NO3S/c1-15(2)20(18-6-4-3-5-7-18)19(22)14-24(23)13-17-10-8-16(12-21)9-11-17/h3-11,15,21H,12-14H2,1-2H3. The third-order valence-electron chi connectivity index (χ3n) is 3.64. The number of carbonyl (C=O) groups excluding carboxylic acids is 1. The van der Waals surface area contributed by atoms with Crippen LogP contribution >= 0.6 is 0 Å². The lowest BCUT2D eigenvalue weighted by Gasteiger charge is -2.26. The fourth-order valence-corrected chi connectivity index (χ4v) is 3.58. The lowest BCUT2D eigenvalue weighted by Crippen LogP contribution is -2.39. The number of para-hydroxylation sites is 1. The van der Waals surface area contributed by atoms with E-state index >= 15 is 0 Å². The molecule has 1 N–H and O–H groups in total. The van der Waals surface area contributed by atoms with Crippen LogP contribution in [0.3, 0.4) is 0 Å². The van der Waals surface area contributed by atoms with Crippen LogP contribution in [0.25, 0.3) is 0 Å². The highest BCUT2D eigenvalue weighted by atomic mass is 32.2. The Morgan fingerprint density at radius 2 is 1.62 bits per heavy atom. The molecule has 0 bridgehead atoms. The highest BCUT2D eigenvalue weighted by Crippen LogP contribution is 2.17. The number of nitrogens with zero attached hydrogens (tertiary/aromatic N) is 1. The topological polar surface area (TPSA) is 57.6 Å². The number of carbonyl (C=O) groups is 1. The zero-order valence-electron chi connectivity index (χ0n) is 14.0. The number of aliphatic hydroxyl groups is 1. The molecule has 0 spiro atoms. The largest absolute Gasteiger partial charge is 0.392 e. The Hall–Kier alpha value is -1.98. The smallest absolute Gasteiger partial charge is 0.239 e. The van der Waals surface area contributed by atoms with Crippen molar-refractivity contribution >= 4 is 22.4 Å². The van der Waals surface area contributed by atoms with Gasteiger partial charge in [0.2, 0.25) is 5.91 Å².